The van der Waals surface area contributed by atoms with Gasteiger partial charge in [-0.1, -0.05) is 11.8 Å². The lowest BCUT2D eigenvalue weighted by molar-refractivity contribution is -0.137. The molecule has 0 bridgehead atoms. The average molecular weight is 458 g/mol. The van der Waals surface area contributed by atoms with Crippen LogP contribution in [0.3, 0.4) is 0 Å². The van der Waals surface area contributed by atoms with Gasteiger partial charge in [-0.15, -0.1) is 5.10 Å². The number of rotatable bonds is 7. The van der Waals surface area contributed by atoms with Gasteiger partial charge in [-0.2, -0.15) is 4.98 Å². The first-order valence-electron chi connectivity index (χ1n) is 9.76. The number of ketones is 1. The van der Waals surface area contributed by atoms with Crippen LogP contribution in [0.1, 0.15) is 34.0 Å². The highest BCUT2D eigenvalue weighted by molar-refractivity contribution is 7.99. The average Bonchev–Trinajstić information content (AvgIpc) is 3.21. The number of carbonyl (C=O) groups is 2. The summed E-state index contributed by atoms with van der Waals surface area (Å²) in [5.74, 6) is 1.53. The molecule has 0 amide bonds. The number of fused-ring (bicyclic) bond motifs is 2. The third-order valence-electron chi connectivity index (χ3n) is 5.27. The van der Waals surface area contributed by atoms with Crippen LogP contribution >= 0.6 is 11.8 Å². The van der Waals surface area contributed by atoms with Crippen molar-refractivity contribution in [2.75, 3.05) is 34.2 Å². The van der Waals surface area contributed by atoms with Gasteiger partial charge in [0.25, 0.3) is 5.78 Å². The van der Waals surface area contributed by atoms with Gasteiger partial charge < -0.3 is 18.9 Å². The minimum Gasteiger partial charge on any atom is -0.493 e. The number of Topliss-reactive ketones (excluding diaryl/α,β-unsaturated/α-hetero) is 1. The summed E-state index contributed by atoms with van der Waals surface area (Å²) in [6, 6.07) is 3.73. The van der Waals surface area contributed by atoms with Crippen molar-refractivity contribution in [1.29, 1.82) is 0 Å². The first-order chi connectivity index (χ1) is 15.5. The van der Waals surface area contributed by atoms with E-state index in [1.54, 1.807) is 27.5 Å². The summed E-state index contributed by atoms with van der Waals surface area (Å²) in [6.07, 6.45) is 2.52. The van der Waals surface area contributed by atoms with Crippen LogP contribution in [-0.2, 0) is 16.0 Å². The molecule has 0 aliphatic heterocycles. The Balaban J connectivity index is 1.65. The van der Waals surface area contributed by atoms with E-state index in [-0.39, 0.29) is 23.4 Å². The maximum absolute atomic E-state index is 13.0. The van der Waals surface area contributed by atoms with Gasteiger partial charge in [0, 0.05) is 12.6 Å². The third-order valence-corrected chi connectivity index (χ3v) is 6.08. The number of thioether (sulfide) groups is 1. The second-order valence-corrected chi connectivity index (χ2v) is 8.03. The van der Waals surface area contributed by atoms with E-state index in [0.29, 0.717) is 52.3 Å². The SMILES string of the molecule is COC(=O)CSc1nc2nc3c(cn2n1)C(=O)CC(c1cc(OC)c(OC)c(OC)c1)C3. The van der Waals surface area contributed by atoms with E-state index in [4.69, 9.17) is 14.2 Å². The Morgan fingerprint density at radius 2 is 1.81 bits per heavy atom. The van der Waals surface area contributed by atoms with Gasteiger partial charge in [-0.05, 0) is 30.0 Å². The minimum absolute atomic E-state index is 0.0290. The molecule has 168 valence electrons. The molecular formula is C21H22N4O6S. The largest absolute Gasteiger partial charge is 0.493 e. The van der Waals surface area contributed by atoms with Gasteiger partial charge >= 0.3 is 5.97 Å². The highest BCUT2D eigenvalue weighted by Gasteiger charge is 2.30. The second kappa shape index (κ2) is 9.03. The van der Waals surface area contributed by atoms with Crippen molar-refractivity contribution in [2.24, 2.45) is 0 Å². The highest BCUT2D eigenvalue weighted by Crippen LogP contribution is 2.42. The summed E-state index contributed by atoms with van der Waals surface area (Å²) in [5, 5.41) is 4.69. The molecule has 1 aliphatic rings. The zero-order valence-corrected chi connectivity index (χ0v) is 18.9. The topological polar surface area (TPSA) is 114 Å². The van der Waals surface area contributed by atoms with Crippen LogP contribution in [0.5, 0.6) is 17.2 Å². The number of methoxy groups -OCH3 is 4. The number of carbonyl (C=O) groups excluding carboxylic acids is 2. The number of nitrogens with zero attached hydrogens (tertiary/aromatic N) is 4. The molecular weight excluding hydrogens is 436 g/mol. The van der Waals surface area contributed by atoms with Crippen molar-refractivity contribution < 1.29 is 28.5 Å². The fourth-order valence-electron chi connectivity index (χ4n) is 3.68. The summed E-state index contributed by atoms with van der Waals surface area (Å²) >= 11 is 1.15. The Morgan fingerprint density at radius 3 is 2.44 bits per heavy atom. The van der Waals surface area contributed by atoms with Crippen molar-refractivity contribution in [3.63, 3.8) is 0 Å². The molecule has 2 heterocycles. The van der Waals surface area contributed by atoms with Crippen LogP contribution < -0.4 is 14.2 Å². The van der Waals surface area contributed by atoms with Gasteiger partial charge in [0.05, 0.1) is 45.4 Å². The zero-order chi connectivity index (χ0) is 22.8. The van der Waals surface area contributed by atoms with E-state index in [1.165, 1.54) is 11.6 Å². The number of hydrogen-bond donors (Lipinski definition) is 0. The van der Waals surface area contributed by atoms with E-state index in [2.05, 4.69) is 19.8 Å². The molecule has 0 radical (unpaired) electrons. The summed E-state index contributed by atoms with van der Waals surface area (Å²) in [6.45, 7) is 0. The molecule has 32 heavy (non-hydrogen) atoms. The van der Waals surface area contributed by atoms with Crippen LogP contribution in [0.4, 0.5) is 0 Å². The van der Waals surface area contributed by atoms with Crippen LogP contribution in [0.2, 0.25) is 0 Å². The van der Waals surface area contributed by atoms with E-state index in [0.717, 1.165) is 17.3 Å². The fourth-order valence-corrected chi connectivity index (χ4v) is 4.34. The van der Waals surface area contributed by atoms with Crippen LogP contribution in [0.15, 0.2) is 23.5 Å². The van der Waals surface area contributed by atoms with E-state index in [9.17, 15) is 9.59 Å². The van der Waals surface area contributed by atoms with Crippen molar-refractivity contribution in [3.8, 4) is 17.2 Å². The first kappa shape index (κ1) is 21.9. The summed E-state index contributed by atoms with van der Waals surface area (Å²) in [7, 11) is 5.99. The number of aromatic nitrogens is 4. The normalized spacial score (nSPS) is 15.4. The minimum atomic E-state index is -0.371. The maximum Gasteiger partial charge on any atom is 0.316 e. The number of hydrogen-bond acceptors (Lipinski definition) is 10. The van der Waals surface area contributed by atoms with Gasteiger partial charge in [0.15, 0.2) is 17.3 Å². The molecule has 1 atom stereocenters. The molecule has 11 heteroatoms. The molecule has 2 aromatic heterocycles. The molecule has 0 saturated heterocycles. The van der Waals surface area contributed by atoms with Crippen LogP contribution in [-0.4, -0.2) is 65.5 Å². The van der Waals surface area contributed by atoms with Crippen molar-refractivity contribution in [1.82, 2.24) is 19.6 Å². The maximum atomic E-state index is 13.0. The summed E-state index contributed by atoms with van der Waals surface area (Å²) in [5.41, 5.74) is 2.08. The Bertz CT molecular complexity index is 1170. The molecule has 1 aliphatic carbocycles. The standard InChI is InChI=1S/C21H22N4O6S/c1-28-16-7-12(8-17(29-2)19(16)31-4)11-5-14-13(15(26)6-11)9-25-20(22-14)23-21(24-25)32-10-18(27)30-3/h7-9,11H,5-6,10H2,1-4H3. The van der Waals surface area contributed by atoms with E-state index < -0.39 is 0 Å². The molecule has 0 spiro atoms. The first-order valence-corrected chi connectivity index (χ1v) is 10.7. The van der Waals surface area contributed by atoms with Gasteiger partial charge in [-0.25, -0.2) is 9.50 Å². The molecule has 3 aromatic rings. The fraction of sp³-hybridized carbons (Fsp3) is 0.381. The van der Waals surface area contributed by atoms with Gasteiger partial charge in [0.1, 0.15) is 0 Å². The lowest BCUT2D eigenvalue weighted by Crippen LogP contribution is -2.21. The number of esters is 1. The number of benzene rings is 1. The third kappa shape index (κ3) is 4.07. The molecule has 1 unspecified atom stereocenters. The summed E-state index contributed by atoms with van der Waals surface area (Å²) in [4.78, 5) is 33.3. The Hall–Kier alpha value is -3.34. The Kier molecular flexibility index (Phi) is 6.17. The van der Waals surface area contributed by atoms with Gasteiger partial charge in [-0.3, -0.25) is 9.59 Å². The molecule has 0 saturated carbocycles. The predicted octanol–water partition coefficient (Wildman–Crippen LogP) is 2.33. The highest BCUT2D eigenvalue weighted by atomic mass is 32.2. The van der Waals surface area contributed by atoms with Crippen LogP contribution in [0.25, 0.3) is 5.78 Å². The quantitative estimate of drug-likeness (QED) is 0.386. The molecule has 4 rings (SSSR count). The number of ether oxygens (including phenoxy) is 4. The lowest BCUT2D eigenvalue weighted by atomic mass is 9.82. The van der Waals surface area contributed by atoms with Crippen molar-refractivity contribution in [2.45, 2.75) is 23.9 Å². The van der Waals surface area contributed by atoms with Crippen LogP contribution in [0, 0.1) is 0 Å². The lowest BCUT2D eigenvalue weighted by Gasteiger charge is -2.24. The van der Waals surface area contributed by atoms with Crippen molar-refractivity contribution >= 4 is 29.3 Å². The molecule has 10 nitrogen and oxygen atoms in total. The monoisotopic (exact) mass is 458 g/mol. The zero-order valence-electron chi connectivity index (χ0n) is 18.1. The van der Waals surface area contributed by atoms with Crippen molar-refractivity contribution in [3.05, 3.63) is 35.2 Å². The Morgan fingerprint density at radius 1 is 1.09 bits per heavy atom. The Labute approximate surface area is 188 Å². The van der Waals surface area contributed by atoms with E-state index in [1.807, 2.05) is 12.1 Å². The molecule has 0 N–H and O–H groups in total. The van der Waals surface area contributed by atoms with E-state index >= 15 is 0 Å². The molecule has 1 aromatic carbocycles. The van der Waals surface area contributed by atoms with Gasteiger partial charge in [0.2, 0.25) is 10.9 Å². The smallest absolute Gasteiger partial charge is 0.316 e. The predicted molar refractivity (Wildman–Crippen MR) is 115 cm³/mol. The second-order valence-electron chi connectivity index (χ2n) is 7.09. The molecule has 0 fully saturated rings. The summed E-state index contributed by atoms with van der Waals surface area (Å²) < 4.78 is 22.4.